The van der Waals surface area contributed by atoms with Crippen LogP contribution in [0.3, 0.4) is 0 Å². The largest absolute Gasteiger partial charge is 0.497 e. The van der Waals surface area contributed by atoms with E-state index in [2.05, 4.69) is 45.5 Å². The highest BCUT2D eigenvalue weighted by Gasteiger charge is 2.21. The van der Waals surface area contributed by atoms with Crippen molar-refractivity contribution in [2.24, 2.45) is 0 Å². The summed E-state index contributed by atoms with van der Waals surface area (Å²) in [6, 6.07) is 14.6. The van der Waals surface area contributed by atoms with Crippen molar-refractivity contribution in [1.29, 1.82) is 0 Å². The van der Waals surface area contributed by atoms with Gasteiger partial charge in [0.25, 0.3) is 0 Å². The molecule has 0 saturated carbocycles. The molecule has 2 aromatic rings. The van der Waals surface area contributed by atoms with Gasteiger partial charge in [0, 0.05) is 29.0 Å². The van der Waals surface area contributed by atoms with E-state index in [4.69, 9.17) is 9.47 Å². The zero-order valence-electron chi connectivity index (χ0n) is 11.9. The van der Waals surface area contributed by atoms with E-state index in [-0.39, 0.29) is 6.04 Å². The van der Waals surface area contributed by atoms with Crippen molar-refractivity contribution in [1.82, 2.24) is 5.32 Å². The summed E-state index contributed by atoms with van der Waals surface area (Å²) >= 11 is 3.59. The van der Waals surface area contributed by atoms with Crippen LogP contribution in [0.4, 0.5) is 0 Å². The Balaban J connectivity index is 1.77. The molecular weight excluding hydrogens is 330 g/mol. The normalized spacial score (nSPS) is 17.0. The van der Waals surface area contributed by atoms with E-state index >= 15 is 0 Å². The maximum absolute atomic E-state index is 5.72. The zero-order valence-corrected chi connectivity index (χ0v) is 13.5. The average Bonchev–Trinajstić information content (AvgIpc) is 2.53. The van der Waals surface area contributed by atoms with E-state index in [0.29, 0.717) is 0 Å². The summed E-state index contributed by atoms with van der Waals surface area (Å²) in [4.78, 5) is 0. The van der Waals surface area contributed by atoms with Gasteiger partial charge in [0.05, 0.1) is 13.7 Å². The van der Waals surface area contributed by atoms with E-state index in [1.807, 2.05) is 18.2 Å². The first-order valence-electron chi connectivity index (χ1n) is 7.05. The molecule has 0 saturated heterocycles. The fourth-order valence-corrected chi connectivity index (χ4v) is 3.01. The van der Waals surface area contributed by atoms with Gasteiger partial charge in [0.15, 0.2) is 0 Å². The minimum Gasteiger partial charge on any atom is -0.497 e. The van der Waals surface area contributed by atoms with Crippen molar-refractivity contribution in [2.75, 3.05) is 13.7 Å². The van der Waals surface area contributed by atoms with Gasteiger partial charge in [-0.15, -0.1) is 0 Å². The number of nitrogens with one attached hydrogen (secondary N) is 1. The number of benzene rings is 2. The average molecular weight is 348 g/mol. The molecule has 1 aliphatic heterocycles. The Kier molecular flexibility index (Phi) is 4.46. The second kappa shape index (κ2) is 6.50. The predicted molar refractivity (Wildman–Crippen MR) is 86.8 cm³/mol. The molecule has 1 unspecified atom stereocenters. The molecule has 1 aliphatic rings. The van der Waals surface area contributed by atoms with Crippen LogP contribution >= 0.6 is 15.9 Å². The number of ether oxygens (including phenoxy) is 2. The number of hydrogen-bond donors (Lipinski definition) is 1. The van der Waals surface area contributed by atoms with Crippen molar-refractivity contribution in [3.63, 3.8) is 0 Å². The first-order valence-corrected chi connectivity index (χ1v) is 7.85. The van der Waals surface area contributed by atoms with Gasteiger partial charge in [-0.25, -0.2) is 0 Å². The van der Waals surface area contributed by atoms with Crippen molar-refractivity contribution in [3.8, 4) is 11.5 Å². The molecule has 0 amide bonds. The van der Waals surface area contributed by atoms with E-state index in [1.54, 1.807) is 7.11 Å². The van der Waals surface area contributed by atoms with Crippen LogP contribution in [0, 0.1) is 0 Å². The summed E-state index contributed by atoms with van der Waals surface area (Å²) < 4.78 is 12.2. The highest BCUT2D eigenvalue weighted by atomic mass is 79.9. The van der Waals surface area contributed by atoms with E-state index in [9.17, 15) is 0 Å². The van der Waals surface area contributed by atoms with Crippen molar-refractivity contribution >= 4 is 15.9 Å². The van der Waals surface area contributed by atoms with E-state index in [0.717, 1.165) is 35.5 Å². The van der Waals surface area contributed by atoms with E-state index < -0.39 is 0 Å². The summed E-state index contributed by atoms with van der Waals surface area (Å²) in [5.41, 5.74) is 2.43. The third-order valence-corrected chi connectivity index (χ3v) is 4.53. The minimum atomic E-state index is 0.288. The molecule has 3 rings (SSSR count). The summed E-state index contributed by atoms with van der Waals surface area (Å²) in [7, 11) is 1.69. The molecule has 4 heteroatoms. The molecule has 0 aliphatic carbocycles. The Hall–Kier alpha value is -1.52. The van der Waals surface area contributed by atoms with Crippen molar-refractivity contribution in [2.45, 2.75) is 19.0 Å². The quantitative estimate of drug-likeness (QED) is 0.904. The molecule has 0 radical (unpaired) electrons. The Morgan fingerprint density at radius 2 is 2.14 bits per heavy atom. The van der Waals surface area contributed by atoms with Crippen LogP contribution in [0.25, 0.3) is 0 Å². The molecule has 1 heterocycles. The van der Waals surface area contributed by atoms with Gasteiger partial charge in [-0.05, 0) is 29.8 Å². The third-order valence-electron chi connectivity index (χ3n) is 3.75. The molecule has 1 atom stereocenters. The van der Waals surface area contributed by atoms with Crippen LogP contribution in [-0.2, 0) is 6.54 Å². The van der Waals surface area contributed by atoms with Crippen molar-refractivity contribution < 1.29 is 9.47 Å². The lowest BCUT2D eigenvalue weighted by Crippen LogP contribution is -2.26. The molecule has 0 aromatic heterocycles. The van der Waals surface area contributed by atoms with Crippen LogP contribution in [0.2, 0.25) is 0 Å². The molecule has 0 fully saturated rings. The van der Waals surface area contributed by atoms with Crippen molar-refractivity contribution in [3.05, 3.63) is 58.1 Å². The molecule has 2 aromatic carbocycles. The number of halogens is 1. The maximum atomic E-state index is 5.72. The smallest absolute Gasteiger partial charge is 0.124 e. The van der Waals surface area contributed by atoms with Gasteiger partial charge in [0.1, 0.15) is 11.5 Å². The lowest BCUT2D eigenvalue weighted by atomic mass is 10.00. The predicted octanol–water partition coefficient (Wildman–Crippen LogP) is 4.07. The highest BCUT2D eigenvalue weighted by Crippen LogP contribution is 2.35. The van der Waals surface area contributed by atoms with Gasteiger partial charge >= 0.3 is 0 Å². The molecular formula is C17H18BrNO2. The SMILES string of the molecule is COc1ccc2c(c1)C(NCc1ccccc1Br)CCO2. The molecule has 0 spiro atoms. The standard InChI is InChI=1S/C17H18BrNO2/c1-20-13-6-7-17-14(10-13)16(8-9-21-17)19-11-12-4-2-3-5-15(12)18/h2-7,10,16,19H,8-9,11H2,1H3. The minimum absolute atomic E-state index is 0.288. The Bertz CT molecular complexity index is 630. The van der Waals surface area contributed by atoms with Crippen LogP contribution < -0.4 is 14.8 Å². The Morgan fingerprint density at radius 3 is 2.95 bits per heavy atom. The lowest BCUT2D eigenvalue weighted by Gasteiger charge is -2.27. The van der Waals surface area contributed by atoms with Crippen LogP contribution in [0.15, 0.2) is 46.9 Å². The summed E-state index contributed by atoms with van der Waals surface area (Å²) in [6.45, 7) is 1.57. The fraction of sp³-hybridized carbons (Fsp3) is 0.294. The summed E-state index contributed by atoms with van der Waals surface area (Å²) in [5, 5.41) is 3.62. The van der Waals surface area contributed by atoms with Gasteiger partial charge in [0.2, 0.25) is 0 Å². The van der Waals surface area contributed by atoms with Gasteiger partial charge in [-0.2, -0.15) is 0 Å². The lowest BCUT2D eigenvalue weighted by molar-refractivity contribution is 0.251. The zero-order chi connectivity index (χ0) is 14.7. The molecule has 21 heavy (non-hydrogen) atoms. The number of methoxy groups -OCH3 is 1. The molecule has 1 N–H and O–H groups in total. The number of fused-ring (bicyclic) bond motifs is 1. The molecule has 3 nitrogen and oxygen atoms in total. The third kappa shape index (κ3) is 3.22. The topological polar surface area (TPSA) is 30.5 Å². The number of hydrogen-bond acceptors (Lipinski definition) is 3. The van der Waals surface area contributed by atoms with Crippen LogP contribution in [-0.4, -0.2) is 13.7 Å². The van der Waals surface area contributed by atoms with Crippen LogP contribution in [0.5, 0.6) is 11.5 Å². The summed E-state index contributed by atoms with van der Waals surface area (Å²) in [5.74, 6) is 1.82. The first kappa shape index (κ1) is 14.4. The van der Waals surface area contributed by atoms with Gasteiger partial charge in [-0.3, -0.25) is 0 Å². The second-order valence-electron chi connectivity index (χ2n) is 5.07. The monoisotopic (exact) mass is 347 g/mol. The second-order valence-corrected chi connectivity index (χ2v) is 5.92. The first-order chi connectivity index (χ1) is 10.3. The maximum Gasteiger partial charge on any atom is 0.124 e. The molecule has 0 bridgehead atoms. The van der Waals surface area contributed by atoms with Crippen LogP contribution in [0.1, 0.15) is 23.6 Å². The fourth-order valence-electron chi connectivity index (χ4n) is 2.59. The molecule has 110 valence electrons. The summed E-state index contributed by atoms with van der Waals surface area (Å²) in [6.07, 6.45) is 0.963. The Labute approximate surface area is 133 Å². The Morgan fingerprint density at radius 1 is 1.29 bits per heavy atom. The van der Waals surface area contributed by atoms with Gasteiger partial charge < -0.3 is 14.8 Å². The van der Waals surface area contributed by atoms with E-state index in [1.165, 1.54) is 11.1 Å². The number of rotatable bonds is 4. The van der Waals surface area contributed by atoms with Gasteiger partial charge in [-0.1, -0.05) is 34.1 Å². The highest BCUT2D eigenvalue weighted by molar-refractivity contribution is 9.10.